The van der Waals surface area contributed by atoms with Crippen LogP contribution in [0.25, 0.3) is 0 Å². The van der Waals surface area contributed by atoms with Crippen molar-refractivity contribution >= 4 is 10.0 Å². The standard InChI is InChI=1S/C14H28N2O4S/c1-14(2)11-15-7-13(20-14)10-19-9-12-5-4-6-16(8-12)21(3,17)18/h12-13,15H,4-11H2,1-3H3. The topological polar surface area (TPSA) is 67.9 Å². The first-order valence-corrected chi connectivity index (χ1v) is 9.52. The summed E-state index contributed by atoms with van der Waals surface area (Å²) in [5, 5.41) is 3.35. The van der Waals surface area contributed by atoms with E-state index in [2.05, 4.69) is 19.2 Å². The molecule has 0 radical (unpaired) electrons. The van der Waals surface area contributed by atoms with Gasteiger partial charge >= 0.3 is 0 Å². The number of rotatable bonds is 5. The molecule has 124 valence electrons. The van der Waals surface area contributed by atoms with Gasteiger partial charge in [-0.15, -0.1) is 0 Å². The number of piperidine rings is 1. The highest BCUT2D eigenvalue weighted by Gasteiger charge is 2.29. The van der Waals surface area contributed by atoms with Crippen LogP contribution in [0.2, 0.25) is 0 Å². The van der Waals surface area contributed by atoms with Crippen molar-refractivity contribution in [2.45, 2.75) is 38.4 Å². The Bertz CT molecular complexity index is 438. The maximum atomic E-state index is 11.6. The van der Waals surface area contributed by atoms with Gasteiger partial charge in [-0.05, 0) is 32.6 Å². The maximum Gasteiger partial charge on any atom is 0.211 e. The SMILES string of the molecule is CC1(C)CNCC(COCC2CCCN(S(C)(=O)=O)C2)O1. The third kappa shape index (κ3) is 5.49. The van der Waals surface area contributed by atoms with E-state index in [1.807, 2.05) is 0 Å². The van der Waals surface area contributed by atoms with Crippen LogP contribution >= 0.6 is 0 Å². The van der Waals surface area contributed by atoms with Gasteiger partial charge in [0.1, 0.15) is 0 Å². The first-order valence-electron chi connectivity index (χ1n) is 7.68. The smallest absolute Gasteiger partial charge is 0.211 e. The van der Waals surface area contributed by atoms with Crippen LogP contribution in [0.3, 0.4) is 0 Å². The van der Waals surface area contributed by atoms with Crippen molar-refractivity contribution in [1.29, 1.82) is 0 Å². The molecule has 2 aliphatic rings. The van der Waals surface area contributed by atoms with Crippen LogP contribution in [-0.4, -0.2) is 70.1 Å². The van der Waals surface area contributed by atoms with Crippen molar-refractivity contribution in [3.63, 3.8) is 0 Å². The zero-order valence-electron chi connectivity index (χ0n) is 13.3. The van der Waals surface area contributed by atoms with Gasteiger partial charge in [0.2, 0.25) is 10.0 Å². The Kier molecular flexibility index (Phi) is 5.65. The van der Waals surface area contributed by atoms with Crippen molar-refractivity contribution in [2.75, 3.05) is 45.6 Å². The number of nitrogens with zero attached hydrogens (tertiary/aromatic N) is 1. The highest BCUT2D eigenvalue weighted by atomic mass is 32.2. The first kappa shape index (κ1) is 17.1. The van der Waals surface area contributed by atoms with Crippen LogP contribution in [0.4, 0.5) is 0 Å². The molecular weight excluding hydrogens is 292 g/mol. The lowest BCUT2D eigenvalue weighted by Gasteiger charge is -2.37. The van der Waals surface area contributed by atoms with Crippen molar-refractivity contribution in [1.82, 2.24) is 9.62 Å². The Morgan fingerprint density at radius 3 is 2.81 bits per heavy atom. The van der Waals surface area contributed by atoms with Crippen LogP contribution in [0, 0.1) is 5.92 Å². The number of hydrogen-bond donors (Lipinski definition) is 1. The molecule has 0 saturated carbocycles. The van der Waals surface area contributed by atoms with Crippen molar-refractivity contribution < 1.29 is 17.9 Å². The second-order valence-electron chi connectivity index (χ2n) is 6.80. The largest absolute Gasteiger partial charge is 0.378 e. The molecule has 2 aliphatic heterocycles. The van der Waals surface area contributed by atoms with Crippen LogP contribution in [0.1, 0.15) is 26.7 Å². The minimum Gasteiger partial charge on any atom is -0.378 e. The molecule has 0 aromatic carbocycles. The minimum atomic E-state index is -3.08. The predicted molar refractivity (Wildman–Crippen MR) is 81.8 cm³/mol. The van der Waals surface area contributed by atoms with Gasteiger partial charge < -0.3 is 14.8 Å². The minimum absolute atomic E-state index is 0.0725. The van der Waals surface area contributed by atoms with E-state index >= 15 is 0 Å². The van der Waals surface area contributed by atoms with Gasteiger partial charge in [-0.3, -0.25) is 0 Å². The molecule has 2 unspecified atom stereocenters. The average molecular weight is 320 g/mol. The van der Waals surface area contributed by atoms with Gasteiger partial charge in [0, 0.05) is 26.2 Å². The van der Waals surface area contributed by atoms with Crippen LogP contribution in [0.15, 0.2) is 0 Å². The second kappa shape index (κ2) is 6.91. The fraction of sp³-hybridized carbons (Fsp3) is 1.00. The Hall–Kier alpha value is -0.210. The lowest BCUT2D eigenvalue weighted by molar-refractivity contribution is -0.123. The Morgan fingerprint density at radius 1 is 1.38 bits per heavy atom. The molecule has 0 amide bonds. The van der Waals surface area contributed by atoms with E-state index in [-0.39, 0.29) is 17.6 Å². The monoisotopic (exact) mass is 320 g/mol. The van der Waals surface area contributed by atoms with Crippen LogP contribution in [-0.2, 0) is 19.5 Å². The maximum absolute atomic E-state index is 11.6. The van der Waals surface area contributed by atoms with E-state index in [0.29, 0.717) is 26.3 Å². The zero-order valence-corrected chi connectivity index (χ0v) is 14.1. The van der Waals surface area contributed by atoms with Crippen LogP contribution < -0.4 is 5.32 Å². The van der Waals surface area contributed by atoms with E-state index in [1.54, 1.807) is 4.31 Å². The molecule has 2 atom stereocenters. The van der Waals surface area contributed by atoms with E-state index in [0.717, 1.165) is 25.9 Å². The van der Waals surface area contributed by atoms with E-state index in [1.165, 1.54) is 6.26 Å². The number of nitrogens with one attached hydrogen (secondary N) is 1. The van der Waals surface area contributed by atoms with Gasteiger partial charge in [-0.25, -0.2) is 12.7 Å². The highest BCUT2D eigenvalue weighted by molar-refractivity contribution is 7.88. The Labute approximate surface area is 128 Å². The molecule has 2 saturated heterocycles. The Morgan fingerprint density at radius 2 is 2.14 bits per heavy atom. The molecule has 0 aromatic heterocycles. The average Bonchev–Trinajstić information content (AvgIpc) is 2.37. The second-order valence-corrected chi connectivity index (χ2v) is 8.78. The fourth-order valence-electron chi connectivity index (χ4n) is 2.99. The Balaban J connectivity index is 1.71. The number of hydrogen-bond acceptors (Lipinski definition) is 5. The summed E-state index contributed by atoms with van der Waals surface area (Å²) in [5.74, 6) is 0.290. The molecule has 0 aliphatic carbocycles. The zero-order chi connectivity index (χ0) is 15.5. The van der Waals surface area contributed by atoms with Gasteiger partial charge in [0.15, 0.2) is 0 Å². The summed E-state index contributed by atoms with van der Waals surface area (Å²) in [6.45, 7) is 8.18. The van der Waals surface area contributed by atoms with Crippen molar-refractivity contribution in [3.05, 3.63) is 0 Å². The molecule has 1 N–H and O–H groups in total. The van der Waals surface area contributed by atoms with E-state index < -0.39 is 10.0 Å². The summed E-state index contributed by atoms with van der Waals surface area (Å²) in [6.07, 6.45) is 3.29. The molecule has 21 heavy (non-hydrogen) atoms. The van der Waals surface area contributed by atoms with Crippen molar-refractivity contribution in [2.24, 2.45) is 5.92 Å². The normalized spacial score (nSPS) is 31.2. The third-order valence-electron chi connectivity index (χ3n) is 4.02. The lowest BCUT2D eigenvalue weighted by Crippen LogP contribution is -2.52. The fourth-order valence-corrected chi connectivity index (χ4v) is 3.93. The highest BCUT2D eigenvalue weighted by Crippen LogP contribution is 2.20. The van der Waals surface area contributed by atoms with E-state index in [4.69, 9.17) is 9.47 Å². The third-order valence-corrected chi connectivity index (χ3v) is 5.29. The molecule has 2 heterocycles. The first-order chi connectivity index (χ1) is 9.76. The summed E-state index contributed by atoms with van der Waals surface area (Å²) >= 11 is 0. The van der Waals surface area contributed by atoms with Gasteiger partial charge in [0.05, 0.1) is 31.2 Å². The summed E-state index contributed by atoms with van der Waals surface area (Å²) in [7, 11) is -3.08. The molecule has 2 fully saturated rings. The summed E-state index contributed by atoms with van der Waals surface area (Å²) in [5.41, 5.74) is -0.149. The molecule has 0 aromatic rings. The molecule has 7 heteroatoms. The number of morpholine rings is 1. The molecule has 6 nitrogen and oxygen atoms in total. The number of ether oxygens (including phenoxy) is 2. The summed E-state index contributed by atoms with van der Waals surface area (Å²) in [6, 6.07) is 0. The van der Waals surface area contributed by atoms with Gasteiger partial charge in [-0.2, -0.15) is 0 Å². The molecule has 0 spiro atoms. The quantitative estimate of drug-likeness (QED) is 0.796. The predicted octanol–water partition coefficient (Wildman–Crippen LogP) is 0.442. The van der Waals surface area contributed by atoms with E-state index in [9.17, 15) is 8.42 Å². The number of sulfonamides is 1. The molecule has 2 rings (SSSR count). The molecular formula is C14H28N2O4S. The van der Waals surface area contributed by atoms with Gasteiger partial charge in [-0.1, -0.05) is 0 Å². The van der Waals surface area contributed by atoms with Crippen molar-refractivity contribution in [3.8, 4) is 0 Å². The van der Waals surface area contributed by atoms with Gasteiger partial charge in [0.25, 0.3) is 0 Å². The van der Waals surface area contributed by atoms with Crippen LogP contribution in [0.5, 0.6) is 0 Å². The lowest BCUT2D eigenvalue weighted by atomic mass is 10.0. The molecule has 0 bridgehead atoms. The summed E-state index contributed by atoms with van der Waals surface area (Å²) < 4.78 is 36.4. The summed E-state index contributed by atoms with van der Waals surface area (Å²) in [4.78, 5) is 0.